The van der Waals surface area contributed by atoms with Crippen LogP contribution in [0.4, 0.5) is 5.69 Å². The van der Waals surface area contributed by atoms with Crippen LogP contribution >= 0.6 is 15.9 Å². The number of nitrogens with zero attached hydrogens (tertiary/aromatic N) is 2. The summed E-state index contributed by atoms with van der Waals surface area (Å²) in [7, 11) is -3.91. The average Bonchev–Trinajstić information content (AvgIpc) is 2.90. The van der Waals surface area contributed by atoms with Crippen molar-refractivity contribution in [1.82, 2.24) is 9.78 Å². The first-order chi connectivity index (χ1) is 12.7. The Morgan fingerprint density at radius 1 is 1.15 bits per heavy atom. The predicted octanol–water partition coefficient (Wildman–Crippen LogP) is 3.15. The van der Waals surface area contributed by atoms with Crippen molar-refractivity contribution in [2.24, 2.45) is 5.14 Å². The molecule has 0 bridgehead atoms. The average molecular weight is 449 g/mol. The smallest absolute Gasteiger partial charge is 0.256 e. The summed E-state index contributed by atoms with van der Waals surface area (Å²) in [5.74, 6) is -0.466. The monoisotopic (exact) mass is 448 g/mol. The van der Waals surface area contributed by atoms with Gasteiger partial charge in [-0.15, -0.1) is 0 Å². The van der Waals surface area contributed by atoms with Crippen molar-refractivity contribution in [1.29, 1.82) is 0 Å². The molecule has 3 N–H and O–H groups in total. The van der Waals surface area contributed by atoms with E-state index in [1.807, 2.05) is 37.3 Å². The zero-order chi connectivity index (χ0) is 19.8. The van der Waals surface area contributed by atoms with Gasteiger partial charge >= 0.3 is 0 Å². The van der Waals surface area contributed by atoms with E-state index in [1.165, 1.54) is 18.2 Å². The number of aryl methyl sites for hydroxylation is 1. The molecular weight excluding hydrogens is 432 g/mol. The normalized spacial score (nSPS) is 11.4. The van der Waals surface area contributed by atoms with Crippen molar-refractivity contribution < 1.29 is 13.2 Å². The highest BCUT2D eigenvalue weighted by molar-refractivity contribution is 9.10. The summed E-state index contributed by atoms with van der Waals surface area (Å²) in [5.41, 5.74) is 3.00. The van der Waals surface area contributed by atoms with Gasteiger partial charge in [-0.25, -0.2) is 18.2 Å². The van der Waals surface area contributed by atoms with E-state index in [1.54, 1.807) is 11.6 Å². The Balaban J connectivity index is 1.97. The lowest BCUT2D eigenvalue weighted by molar-refractivity contribution is 0.102. The largest absolute Gasteiger partial charge is 0.319 e. The van der Waals surface area contributed by atoms with Gasteiger partial charge in [-0.3, -0.25) is 4.79 Å². The molecule has 27 heavy (non-hydrogen) atoms. The third-order valence-electron chi connectivity index (χ3n) is 4.04. The Hall–Kier alpha value is -2.49. The fourth-order valence-electron chi connectivity index (χ4n) is 2.68. The van der Waals surface area contributed by atoms with Gasteiger partial charge in [0, 0.05) is 4.47 Å². The van der Waals surface area contributed by atoms with Gasteiger partial charge in [-0.05, 0) is 60.1 Å². The Morgan fingerprint density at radius 2 is 1.81 bits per heavy atom. The molecule has 0 saturated heterocycles. The van der Waals surface area contributed by atoms with Crippen LogP contribution in [0.15, 0.2) is 57.9 Å². The number of benzene rings is 2. The third-order valence-corrected chi connectivity index (χ3v) is 5.64. The summed E-state index contributed by atoms with van der Waals surface area (Å²) < 4.78 is 25.3. The first-order valence-corrected chi connectivity index (χ1v) is 10.3. The van der Waals surface area contributed by atoms with Crippen molar-refractivity contribution >= 4 is 37.5 Å². The van der Waals surface area contributed by atoms with Gasteiger partial charge in [0.05, 0.1) is 33.2 Å². The Kier molecular flexibility index (Phi) is 5.18. The number of nitrogens with two attached hydrogens (primary N) is 1. The van der Waals surface area contributed by atoms with Crippen LogP contribution in [0.5, 0.6) is 0 Å². The maximum atomic E-state index is 12.8. The SMILES string of the molecule is Cc1nn(-c2ccccc2)c(C)c1NC(=O)c1cc(S(N)(=O)=O)ccc1Br. The van der Waals surface area contributed by atoms with E-state index < -0.39 is 15.9 Å². The minimum Gasteiger partial charge on any atom is -0.319 e. The minimum absolute atomic E-state index is 0.135. The van der Waals surface area contributed by atoms with Crippen LogP contribution in [0.1, 0.15) is 21.7 Å². The zero-order valence-electron chi connectivity index (χ0n) is 14.6. The second-order valence-corrected chi connectivity index (χ2v) is 8.35. The minimum atomic E-state index is -3.91. The van der Waals surface area contributed by atoms with E-state index in [4.69, 9.17) is 5.14 Å². The number of sulfonamides is 1. The highest BCUT2D eigenvalue weighted by atomic mass is 79.9. The molecule has 3 rings (SSSR count). The standard InChI is InChI=1S/C18H17BrN4O3S/c1-11-17(12(2)23(22-11)13-6-4-3-5-7-13)21-18(24)15-10-14(27(20,25)26)8-9-16(15)19/h3-10H,1-2H3,(H,21,24)(H2,20,25,26). The van der Waals surface area contributed by atoms with Gasteiger partial charge in [0.25, 0.3) is 5.91 Å². The number of halogens is 1. The summed E-state index contributed by atoms with van der Waals surface area (Å²) >= 11 is 3.27. The number of para-hydroxylation sites is 1. The molecule has 0 aliphatic carbocycles. The lowest BCUT2D eigenvalue weighted by atomic mass is 10.2. The predicted molar refractivity (Wildman–Crippen MR) is 107 cm³/mol. The summed E-state index contributed by atoms with van der Waals surface area (Å²) in [6.45, 7) is 3.64. The molecule has 7 nitrogen and oxygen atoms in total. The number of nitrogens with one attached hydrogen (secondary N) is 1. The second-order valence-electron chi connectivity index (χ2n) is 5.93. The van der Waals surface area contributed by atoms with E-state index in [0.29, 0.717) is 15.9 Å². The van der Waals surface area contributed by atoms with E-state index in [-0.39, 0.29) is 10.5 Å². The van der Waals surface area contributed by atoms with Gasteiger partial charge in [0.1, 0.15) is 0 Å². The van der Waals surface area contributed by atoms with Gasteiger partial charge in [0.15, 0.2) is 0 Å². The highest BCUT2D eigenvalue weighted by Crippen LogP contribution is 2.26. The molecule has 0 unspecified atom stereocenters. The molecule has 3 aromatic rings. The number of rotatable bonds is 4. The van der Waals surface area contributed by atoms with E-state index >= 15 is 0 Å². The molecule has 1 aromatic heterocycles. The molecule has 0 aliphatic heterocycles. The van der Waals surface area contributed by atoms with Gasteiger partial charge in [-0.1, -0.05) is 18.2 Å². The maximum absolute atomic E-state index is 12.8. The summed E-state index contributed by atoms with van der Waals surface area (Å²) in [6.07, 6.45) is 0. The molecule has 1 heterocycles. The molecule has 0 aliphatic rings. The topological polar surface area (TPSA) is 107 Å². The van der Waals surface area contributed by atoms with E-state index in [2.05, 4.69) is 26.3 Å². The van der Waals surface area contributed by atoms with Crippen molar-refractivity contribution in [3.63, 3.8) is 0 Å². The second kappa shape index (κ2) is 7.26. The summed E-state index contributed by atoms with van der Waals surface area (Å²) in [5, 5.41) is 12.5. The van der Waals surface area contributed by atoms with E-state index in [0.717, 1.165) is 11.4 Å². The van der Waals surface area contributed by atoms with Crippen molar-refractivity contribution in [3.05, 3.63) is 70.0 Å². The Bertz CT molecular complexity index is 1130. The number of carbonyl (C=O) groups excluding carboxylic acids is 1. The molecule has 0 atom stereocenters. The third kappa shape index (κ3) is 3.95. The number of hydrogen-bond acceptors (Lipinski definition) is 4. The van der Waals surface area contributed by atoms with Crippen LogP contribution in [-0.2, 0) is 10.0 Å². The number of primary sulfonamides is 1. The number of hydrogen-bond donors (Lipinski definition) is 2. The number of aromatic nitrogens is 2. The van der Waals surface area contributed by atoms with E-state index in [9.17, 15) is 13.2 Å². The molecule has 9 heteroatoms. The quantitative estimate of drug-likeness (QED) is 0.638. The van der Waals surface area contributed by atoms with Crippen LogP contribution in [0.2, 0.25) is 0 Å². The van der Waals surface area contributed by atoms with Gasteiger partial charge < -0.3 is 5.32 Å². The molecule has 0 fully saturated rings. The van der Waals surface area contributed by atoms with Gasteiger partial charge in [0.2, 0.25) is 10.0 Å². The molecule has 0 saturated carbocycles. The van der Waals surface area contributed by atoms with Crippen LogP contribution in [-0.4, -0.2) is 24.1 Å². The fraction of sp³-hybridized carbons (Fsp3) is 0.111. The van der Waals surface area contributed by atoms with Crippen LogP contribution in [0, 0.1) is 13.8 Å². The summed E-state index contributed by atoms with van der Waals surface area (Å²) in [4.78, 5) is 12.6. The molecule has 140 valence electrons. The first-order valence-electron chi connectivity index (χ1n) is 7.94. The van der Waals surface area contributed by atoms with Crippen molar-refractivity contribution in [3.8, 4) is 5.69 Å². The van der Waals surface area contributed by atoms with Crippen LogP contribution < -0.4 is 10.5 Å². The molecule has 0 radical (unpaired) electrons. The van der Waals surface area contributed by atoms with Crippen molar-refractivity contribution in [2.45, 2.75) is 18.7 Å². The number of amides is 1. The van der Waals surface area contributed by atoms with Crippen molar-refractivity contribution in [2.75, 3.05) is 5.32 Å². The lowest BCUT2D eigenvalue weighted by Gasteiger charge is -2.09. The number of anilines is 1. The summed E-state index contributed by atoms with van der Waals surface area (Å²) in [6, 6.07) is 13.6. The van der Waals surface area contributed by atoms with Crippen LogP contribution in [0.25, 0.3) is 5.69 Å². The zero-order valence-corrected chi connectivity index (χ0v) is 17.0. The first kappa shape index (κ1) is 19.3. The molecule has 2 aromatic carbocycles. The van der Waals surface area contributed by atoms with Crippen LogP contribution in [0.3, 0.4) is 0 Å². The fourth-order valence-corrected chi connectivity index (χ4v) is 3.65. The molecular formula is C18H17BrN4O3S. The highest BCUT2D eigenvalue weighted by Gasteiger charge is 2.19. The lowest BCUT2D eigenvalue weighted by Crippen LogP contribution is -2.17. The number of carbonyl (C=O) groups is 1. The Labute approximate surface area is 165 Å². The molecule has 0 spiro atoms. The Morgan fingerprint density at radius 3 is 2.44 bits per heavy atom. The van der Waals surface area contributed by atoms with Gasteiger partial charge in [-0.2, -0.15) is 5.10 Å². The maximum Gasteiger partial charge on any atom is 0.256 e. The molecule has 1 amide bonds.